The zero-order chi connectivity index (χ0) is 19.8. The lowest BCUT2D eigenvalue weighted by Gasteiger charge is -2.12. The quantitative estimate of drug-likeness (QED) is 0.616. The molecule has 1 aromatic carbocycles. The van der Waals surface area contributed by atoms with Crippen molar-refractivity contribution in [2.45, 2.75) is 33.6 Å². The second-order valence-electron chi connectivity index (χ2n) is 6.30. The number of amides is 3. The second kappa shape index (κ2) is 9.72. The molecule has 3 amide bonds. The molecule has 1 heterocycles. The molecule has 0 aliphatic carbocycles. The average Bonchev–Trinajstić information content (AvgIpc) is 2.93. The number of methoxy groups -OCH3 is 1. The SMILES string of the molecule is COCC(=O)Nc1ccc(C)c(NC(=O)NCCCc2c(C)noc2C)c1. The van der Waals surface area contributed by atoms with Gasteiger partial charge in [0.1, 0.15) is 12.4 Å². The minimum Gasteiger partial charge on any atom is -0.375 e. The molecule has 0 aliphatic heterocycles. The summed E-state index contributed by atoms with van der Waals surface area (Å²) in [7, 11) is 1.46. The summed E-state index contributed by atoms with van der Waals surface area (Å²) >= 11 is 0. The Labute approximate surface area is 158 Å². The van der Waals surface area contributed by atoms with Gasteiger partial charge in [0, 0.05) is 30.6 Å². The minimum absolute atomic E-state index is 0.0255. The van der Waals surface area contributed by atoms with Crippen molar-refractivity contribution in [2.24, 2.45) is 0 Å². The fourth-order valence-electron chi connectivity index (χ4n) is 2.65. The maximum Gasteiger partial charge on any atom is 0.319 e. The van der Waals surface area contributed by atoms with Gasteiger partial charge < -0.3 is 25.2 Å². The van der Waals surface area contributed by atoms with Crippen molar-refractivity contribution >= 4 is 23.3 Å². The van der Waals surface area contributed by atoms with Crippen LogP contribution in [0, 0.1) is 20.8 Å². The molecule has 0 saturated carbocycles. The summed E-state index contributed by atoms with van der Waals surface area (Å²) in [5.41, 5.74) is 4.10. The Morgan fingerprint density at radius 3 is 2.63 bits per heavy atom. The number of anilines is 2. The van der Waals surface area contributed by atoms with Gasteiger partial charge in [0.25, 0.3) is 0 Å². The molecule has 0 aliphatic rings. The Balaban J connectivity index is 1.83. The van der Waals surface area contributed by atoms with Crippen LogP contribution >= 0.6 is 0 Å². The van der Waals surface area contributed by atoms with Crippen LogP contribution in [0.1, 0.15) is 29.0 Å². The van der Waals surface area contributed by atoms with Crippen LogP contribution < -0.4 is 16.0 Å². The summed E-state index contributed by atoms with van der Waals surface area (Å²) < 4.78 is 9.92. The molecule has 2 rings (SSSR count). The lowest BCUT2D eigenvalue weighted by Crippen LogP contribution is -2.30. The van der Waals surface area contributed by atoms with E-state index in [0.717, 1.165) is 35.4 Å². The van der Waals surface area contributed by atoms with Crippen LogP contribution in [0.15, 0.2) is 22.7 Å². The van der Waals surface area contributed by atoms with Gasteiger partial charge in [0.2, 0.25) is 5.91 Å². The van der Waals surface area contributed by atoms with Crippen LogP contribution in [-0.4, -0.2) is 37.4 Å². The highest BCUT2D eigenvalue weighted by molar-refractivity contribution is 5.94. The summed E-state index contributed by atoms with van der Waals surface area (Å²) in [5.74, 6) is 0.566. The molecule has 27 heavy (non-hydrogen) atoms. The van der Waals surface area contributed by atoms with Gasteiger partial charge in [0.15, 0.2) is 0 Å². The van der Waals surface area contributed by atoms with E-state index >= 15 is 0 Å². The minimum atomic E-state index is -0.294. The molecule has 8 heteroatoms. The Bertz CT molecular complexity index is 782. The lowest BCUT2D eigenvalue weighted by molar-refractivity contribution is -0.119. The Kier molecular flexibility index (Phi) is 7.36. The fraction of sp³-hybridized carbons (Fsp3) is 0.421. The van der Waals surface area contributed by atoms with Crippen molar-refractivity contribution < 1.29 is 18.8 Å². The zero-order valence-corrected chi connectivity index (χ0v) is 16.1. The Morgan fingerprint density at radius 1 is 1.19 bits per heavy atom. The van der Waals surface area contributed by atoms with E-state index in [-0.39, 0.29) is 18.5 Å². The molecular formula is C19H26N4O4. The van der Waals surface area contributed by atoms with Crippen LogP contribution in [0.25, 0.3) is 0 Å². The highest BCUT2D eigenvalue weighted by Crippen LogP contribution is 2.20. The normalized spacial score (nSPS) is 10.5. The third-order valence-electron chi connectivity index (χ3n) is 4.12. The molecule has 146 valence electrons. The van der Waals surface area contributed by atoms with Crippen molar-refractivity contribution in [3.63, 3.8) is 0 Å². The van der Waals surface area contributed by atoms with Gasteiger partial charge in [-0.2, -0.15) is 0 Å². The van der Waals surface area contributed by atoms with Crippen LogP contribution in [0.3, 0.4) is 0 Å². The molecule has 0 radical (unpaired) electrons. The highest BCUT2D eigenvalue weighted by atomic mass is 16.5. The molecule has 0 unspecified atom stereocenters. The number of benzene rings is 1. The van der Waals surface area contributed by atoms with E-state index in [1.165, 1.54) is 7.11 Å². The van der Waals surface area contributed by atoms with Gasteiger partial charge >= 0.3 is 6.03 Å². The summed E-state index contributed by atoms with van der Waals surface area (Å²) in [4.78, 5) is 23.7. The topological polar surface area (TPSA) is 105 Å². The van der Waals surface area contributed by atoms with Crippen molar-refractivity contribution in [2.75, 3.05) is 30.9 Å². The first-order valence-electron chi connectivity index (χ1n) is 8.76. The summed E-state index contributed by atoms with van der Waals surface area (Å²) in [6.07, 6.45) is 1.57. The molecule has 0 spiro atoms. The number of rotatable bonds is 8. The number of carbonyl (C=O) groups is 2. The summed E-state index contributed by atoms with van der Waals surface area (Å²) in [5, 5.41) is 12.3. The third-order valence-corrected chi connectivity index (χ3v) is 4.12. The van der Waals surface area contributed by atoms with E-state index in [2.05, 4.69) is 21.1 Å². The lowest BCUT2D eigenvalue weighted by atomic mass is 10.1. The smallest absolute Gasteiger partial charge is 0.319 e. The molecule has 8 nitrogen and oxygen atoms in total. The second-order valence-corrected chi connectivity index (χ2v) is 6.30. The van der Waals surface area contributed by atoms with E-state index in [4.69, 9.17) is 9.26 Å². The van der Waals surface area contributed by atoms with Gasteiger partial charge in [-0.25, -0.2) is 4.79 Å². The number of nitrogens with zero attached hydrogens (tertiary/aromatic N) is 1. The number of carbonyl (C=O) groups excluding carboxylic acids is 2. The number of urea groups is 1. The van der Waals surface area contributed by atoms with Gasteiger partial charge in [-0.05, 0) is 51.3 Å². The van der Waals surface area contributed by atoms with E-state index < -0.39 is 0 Å². The van der Waals surface area contributed by atoms with Crippen molar-refractivity contribution in [3.8, 4) is 0 Å². The maximum absolute atomic E-state index is 12.1. The van der Waals surface area contributed by atoms with Gasteiger partial charge in [-0.1, -0.05) is 11.2 Å². The van der Waals surface area contributed by atoms with Crippen molar-refractivity contribution in [1.29, 1.82) is 0 Å². The molecule has 0 saturated heterocycles. The van der Waals surface area contributed by atoms with E-state index in [1.807, 2.05) is 26.8 Å². The molecule has 1 aromatic heterocycles. The predicted octanol–water partition coefficient (Wildman–Crippen LogP) is 2.94. The van der Waals surface area contributed by atoms with Crippen LogP contribution in [0.5, 0.6) is 0 Å². The first-order chi connectivity index (χ1) is 12.9. The maximum atomic E-state index is 12.1. The monoisotopic (exact) mass is 374 g/mol. The van der Waals surface area contributed by atoms with Gasteiger partial charge in [-0.3, -0.25) is 4.79 Å². The van der Waals surface area contributed by atoms with Crippen molar-refractivity contribution in [1.82, 2.24) is 10.5 Å². The van der Waals surface area contributed by atoms with Crippen LogP contribution in [-0.2, 0) is 16.0 Å². The first-order valence-corrected chi connectivity index (χ1v) is 8.76. The zero-order valence-electron chi connectivity index (χ0n) is 16.1. The number of aromatic nitrogens is 1. The van der Waals surface area contributed by atoms with E-state index in [9.17, 15) is 9.59 Å². The molecule has 0 bridgehead atoms. The average molecular weight is 374 g/mol. The fourth-order valence-corrected chi connectivity index (χ4v) is 2.65. The van der Waals surface area contributed by atoms with Crippen molar-refractivity contribution in [3.05, 3.63) is 40.8 Å². The predicted molar refractivity (Wildman–Crippen MR) is 103 cm³/mol. The highest BCUT2D eigenvalue weighted by Gasteiger charge is 2.10. The molecule has 0 atom stereocenters. The first kappa shape index (κ1) is 20.4. The van der Waals surface area contributed by atoms with Gasteiger partial charge in [0.05, 0.1) is 5.69 Å². The van der Waals surface area contributed by atoms with E-state index in [1.54, 1.807) is 12.1 Å². The molecule has 2 aromatic rings. The van der Waals surface area contributed by atoms with E-state index in [0.29, 0.717) is 17.9 Å². The molecule has 0 fully saturated rings. The number of hydrogen-bond acceptors (Lipinski definition) is 5. The Morgan fingerprint density at radius 2 is 1.96 bits per heavy atom. The van der Waals surface area contributed by atoms with Crippen LogP contribution in [0.4, 0.5) is 16.2 Å². The largest absolute Gasteiger partial charge is 0.375 e. The molecular weight excluding hydrogens is 348 g/mol. The number of aryl methyl sites for hydroxylation is 3. The molecule has 3 N–H and O–H groups in total. The summed E-state index contributed by atoms with van der Waals surface area (Å²) in [6, 6.07) is 5.02. The number of ether oxygens (including phenoxy) is 1. The Hall–Kier alpha value is -2.87. The number of hydrogen-bond donors (Lipinski definition) is 3. The third kappa shape index (κ3) is 6.10. The summed E-state index contributed by atoms with van der Waals surface area (Å²) in [6.45, 7) is 6.18. The van der Waals surface area contributed by atoms with Gasteiger partial charge in [-0.15, -0.1) is 0 Å². The number of nitrogens with one attached hydrogen (secondary N) is 3. The standard InChI is InChI=1S/C19H26N4O4/c1-12-7-8-15(21-18(24)11-26-4)10-17(12)22-19(25)20-9-5-6-16-13(2)23-27-14(16)3/h7-8,10H,5-6,9,11H2,1-4H3,(H,21,24)(H2,20,22,25). The van der Waals surface area contributed by atoms with Crippen LogP contribution in [0.2, 0.25) is 0 Å².